The van der Waals surface area contributed by atoms with E-state index < -0.39 is 5.91 Å². The maximum Gasteiger partial charge on any atom is 0.249 e. The SMILES string of the molecule is NC(=O)c1cc(N)ccc1Sc1ncccn1. The predicted molar refractivity (Wildman–Crippen MR) is 65.5 cm³/mol. The van der Waals surface area contributed by atoms with E-state index in [1.807, 2.05) is 0 Å². The molecule has 86 valence electrons. The van der Waals surface area contributed by atoms with Crippen LogP contribution in [-0.2, 0) is 0 Å². The van der Waals surface area contributed by atoms with E-state index in [0.717, 1.165) is 0 Å². The minimum Gasteiger partial charge on any atom is -0.399 e. The molecule has 1 amide bonds. The van der Waals surface area contributed by atoms with Crippen molar-refractivity contribution in [1.82, 2.24) is 9.97 Å². The summed E-state index contributed by atoms with van der Waals surface area (Å²) in [7, 11) is 0. The average Bonchev–Trinajstić information content (AvgIpc) is 2.32. The third-order valence-electron chi connectivity index (χ3n) is 2.01. The van der Waals surface area contributed by atoms with Crippen molar-refractivity contribution in [3.63, 3.8) is 0 Å². The van der Waals surface area contributed by atoms with Crippen molar-refractivity contribution in [2.75, 3.05) is 5.73 Å². The van der Waals surface area contributed by atoms with Gasteiger partial charge < -0.3 is 11.5 Å². The molecular formula is C11H10N4OS. The van der Waals surface area contributed by atoms with E-state index in [9.17, 15) is 4.79 Å². The monoisotopic (exact) mass is 246 g/mol. The van der Waals surface area contributed by atoms with E-state index in [1.165, 1.54) is 11.8 Å². The van der Waals surface area contributed by atoms with Gasteiger partial charge in [-0.1, -0.05) is 0 Å². The van der Waals surface area contributed by atoms with Crippen LogP contribution in [0.15, 0.2) is 46.7 Å². The zero-order chi connectivity index (χ0) is 12.3. The molecule has 0 unspecified atom stereocenters. The summed E-state index contributed by atoms with van der Waals surface area (Å²) in [5, 5.41) is 0.555. The molecule has 0 atom stereocenters. The number of hydrogen-bond donors (Lipinski definition) is 2. The molecule has 0 saturated heterocycles. The zero-order valence-corrected chi connectivity index (χ0v) is 9.65. The molecule has 0 radical (unpaired) electrons. The van der Waals surface area contributed by atoms with Crippen molar-refractivity contribution in [2.45, 2.75) is 10.1 Å². The highest BCUT2D eigenvalue weighted by Gasteiger charge is 2.10. The minimum atomic E-state index is -0.518. The van der Waals surface area contributed by atoms with E-state index in [2.05, 4.69) is 9.97 Å². The molecule has 0 aliphatic heterocycles. The molecule has 0 spiro atoms. The first-order valence-corrected chi connectivity index (χ1v) is 5.62. The number of nitrogens with zero attached hydrogens (tertiary/aromatic N) is 2. The average molecular weight is 246 g/mol. The van der Waals surface area contributed by atoms with Crippen LogP contribution in [0.4, 0.5) is 5.69 Å². The Hall–Kier alpha value is -2.08. The molecule has 1 heterocycles. The van der Waals surface area contributed by atoms with Crippen molar-refractivity contribution in [1.29, 1.82) is 0 Å². The van der Waals surface area contributed by atoms with Gasteiger partial charge in [0.1, 0.15) is 0 Å². The molecule has 1 aromatic heterocycles. The van der Waals surface area contributed by atoms with Gasteiger partial charge >= 0.3 is 0 Å². The third kappa shape index (κ3) is 2.73. The van der Waals surface area contributed by atoms with Gasteiger partial charge in [0.15, 0.2) is 5.16 Å². The van der Waals surface area contributed by atoms with Crippen LogP contribution >= 0.6 is 11.8 Å². The summed E-state index contributed by atoms with van der Waals surface area (Å²) in [4.78, 5) is 20.1. The zero-order valence-electron chi connectivity index (χ0n) is 8.83. The van der Waals surface area contributed by atoms with E-state index in [0.29, 0.717) is 21.3 Å². The highest BCUT2D eigenvalue weighted by Crippen LogP contribution is 2.28. The van der Waals surface area contributed by atoms with Crippen LogP contribution in [0, 0.1) is 0 Å². The standard InChI is InChI=1S/C11H10N4OS/c12-7-2-3-9(8(6-7)10(13)16)17-11-14-4-1-5-15-11/h1-6H,12H2,(H2,13,16). The summed E-state index contributed by atoms with van der Waals surface area (Å²) in [5.41, 5.74) is 11.8. The van der Waals surface area contributed by atoms with Crippen LogP contribution in [-0.4, -0.2) is 15.9 Å². The molecule has 0 aliphatic rings. The number of primary amides is 1. The molecule has 17 heavy (non-hydrogen) atoms. The van der Waals surface area contributed by atoms with Gasteiger partial charge in [0.2, 0.25) is 5.91 Å². The molecule has 0 saturated carbocycles. The highest BCUT2D eigenvalue weighted by molar-refractivity contribution is 7.99. The molecule has 1 aromatic carbocycles. The first kappa shape index (κ1) is 11.4. The predicted octanol–water partition coefficient (Wildman–Crippen LogP) is 1.31. The van der Waals surface area contributed by atoms with Crippen LogP contribution in [0.2, 0.25) is 0 Å². The van der Waals surface area contributed by atoms with E-state index in [4.69, 9.17) is 11.5 Å². The molecular weight excluding hydrogens is 236 g/mol. The Morgan fingerprint density at radius 2 is 1.94 bits per heavy atom. The van der Waals surface area contributed by atoms with Crippen molar-refractivity contribution in [2.24, 2.45) is 5.73 Å². The Kier molecular flexibility index (Phi) is 3.24. The second kappa shape index (κ2) is 4.84. The first-order chi connectivity index (χ1) is 8.16. The van der Waals surface area contributed by atoms with Gasteiger partial charge in [0.05, 0.1) is 5.56 Å². The summed E-state index contributed by atoms with van der Waals surface area (Å²) < 4.78 is 0. The van der Waals surface area contributed by atoms with Crippen molar-refractivity contribution < 1.29 is 4.79 Å². The molecule has 0 fully saturated rings. The minimum absolute atomic E-state index is 0.377. The first-order valence-electron chi connectivity index (χ1n) is 4.81. The number of benzene rings is 1. The van der Waals surface area contributed by atoms with Gasteiger partial charge in [-0.3, -0.25) is 4.79 Å². The Morgan fingerprint density at radius 1 is 1.24 bits per heavy atom. The molecule has 6 heteroatoms. The van der Waals surface area contributed by atoms with E-state index in [-0.39, 0.29) is 0 Å². The molecule has 0 bridgehead atoms. The highest BCUT2D eigenvalue weighted by atomic mass is 32.2. The Balaban J connectivity index is 2.36. The van der Waals surface area contributed by atoms with Gasteiger partial charge in [0.25, 0.3) is 0 Å². The van der Waals surface area contributed by atoms with Gasteiger partial charge in [-0.15, -0.1) is 0 Å². The molecule has 2 rings (SSSR count). The fourth-order valence-corrected chi connectivity index (χ4v) is 2.10. The van der Waals surface area contributed by atoms with Crippen molar-refractivity contribution in [3.8, 4) is 0 Å². The number of carbonyl (C=O) groups excluding carboxylic acids is 1. The van der Waals surface area contributed by atoms with E-state index in [1.54, 1.807) is 36.7 Å². The van der Waals surface area contributed by atoms with Gasteiger partial charge in [-0.25, -0.2) is 9.97 Å². The summed E-state index contributed by atoms with van der Waals surface area (Å²) in [6.07, 6.45) is 3.27. The fraction of sp³-hybridized carbons (Fsp3) is 0. The maximum atomic E-state index is 11.3. The molecule has 4 N–H and O–H groups in total. The lowest BCUT2D eigenvalue weighted by atomic mass is 10.2. The summed E-state index contributed by atoms with van der Waals surface area (Å²) in [5.74, 6) is -0.518. The topological polar surface area (TPSA) is 94.9 Å². The van der Waals surface area contributed by atoms with Crippen LogP contribution in [0.3, 0.4) is 0 Å². The number of amides is 1. The number of rotatable bonds is 3. The summed E-state index contributed by atoms with van der Waals surface area (Å²) in [6, 6.07) is 6.71. The van der Waals surface area contributed by atoms with Crippen LogP contribution < -0.4 is 11.5 Å². The lowest BCUT2D eigenvalue weighted by Crippen LogP contribution is -2.12. The van der Waals surface area contributed by atoms with Crippen LogP contribution in [0.5, 0.6) is 0 Å². The second-order valence-electron chi connectivity index (χ2n) is 3.25. The molecule has 0 aliphatic carbocycles. The maximum absolute atomic E-state index is 11.3. The van der Waals surface area contributed by atoms with Crippen molar-refractivity contribution >= 4 is 23.4 Å². The largest absolute Gasteiger partial charge is 0.399 e. The number of carbonyl (C=O) groups is 1. The van der Waals surface area contributed by atoms with Crippen molar-refractivity contribution in [3.05, 3.63) is 42.2 Å². The lowest BCUT2D eigenvalue weighted by molar-refractivity contribution is 0.0997. The van der Waals surface area contributed by atoms with Gasteiger partial charge in [0, 0.05) is 23.0 Å². The number of nitrogen functional groups attached to an aromatic ring is 1. The second-order valence-corrected chi connectivity index (χ2v) is 4.26. The van der Waals surface area contributed by atoms with Crippen LogP contribution in [0.1, 0.15) is 10.4 Å². The summed E-state index contributed by atoms with van der Waals surface area (Å²) in [6.45, 7) is 0. The number of aromatic nitrogens is 2. The Labute approximate surface area is 102 Å². The summed E-state index contributed by atoms with van der Waals surface area (Å²) >= 11 is 1.27. The van der Waals surface area contributed by atoms with E-state index >= 15 is 0 Å². The number of nitrogens with two attached hydrogens (primary N) is 2. The number of anilines is 1. The normalized spacial score (nSPS) is 10.1. The van der Waals surface area contributed by atoms with Gasteiger partial charge in [-0.05, 0) is 36.0 Å². The molecule has 5 nitrogen and oxygen atoms in total. The van der Waals surface area contributed by atoms with Gasteiger partial charge in [-0.2, -0.15) is 0 Å². The Bertz CT molecular complexity index is 544. The third-order valence-corrected chi connectivity index (χ3v) is 2.98. The van der Waals surface area contributed by atoms with Crippen LogP contribution in [0.25, 0.3) is 0 Å². The molecule has 2 aromatic rings. The smallest absolute Gasteiger partial charge is 0.249 e. The lowest BCUT2D eigenvalue weighted by Gasteiger charge is -2.05. The Morgan fingerprint density at radius 3 is 2.59 bits per heavy atom. The number of hydrogen-bond acceptors (Lipinski definition) is 5. The fourth-order valence-electron chi connectivity index (χ4n) is 1.27. The quantitative estimate of drug-likeness (QED) is 0.629.